The van der Waals surface area contributed by atoms with Crippen molar-refractivity contribution in [2.75, 3.05) is 13.1 Å². The van der Waals surface area contributed by atoms with Crippen LogP contribution in [0.5, 0.6) is 0 Å². The minimum Gasteiger partial charge on any atom is -0.341 e. The van der Waals surface area contributed by atoms with E-state index < -0.39 is 0 Å². The maximum absolute atomic E-state index is 10.5. The molecule has 0 fully saturated rings. The molecule has 2 rings (SSSR count). The fraction of sp³-hybridized carbons (Fsp3) is 0.250. The molecule has 0 N–H and O–H groups in total. The fourth-order valence-electron chi connectivity index (χ4n) is 1.70. The Bertz CT molecular complexity index is 343. The summed E-state index contributed by atoms with van der Waals surface area (Å²) < 4.78 is 0. The number of carbonyl (C=O) groups excluding carboxylic acids is 1. The Labute approximate surface area is 83.8 Å². The largest absolute Gasteiger partial charge is 0.341 e. The van der Waals surface area contributed by atoms with Crippen LogP contribution in [0.1, 0.15) is 12.0 Å². The van der Waals surface area contributed by atoms with Crippen LogP contribution < -0.4 is 0 Å². The summed E-state index contributed by atoms with van der Waals surface area (Å²) in [5.41, 5.74) is 2.63. The van der Waals surface area contributed by atoms with Crippen molar-refractivity contribution in [2.45, 2.75) is 6.42 Å². The van der Waals surface area contributed by atoms with Gasteiger partial charge in [-0.05, 0) is 17.6 Å². The van der Waals surface area contributed by atoms with E-state index in [9.17, 15) is 4.79 Å². The molecule has 0 atom stereocenters. The third-order valence-corrected chi connectivity index (χ3v) is 2.53. The first-order valence-electron chi connectivity index (χ1n) is 4.84. The molecule has 2 nitrogen and oxygen atoms in total. The molecule has 0 radical (unpaired) electrons. The lowest BCUT2D eigenvalue weighted by Crippen LogP contribution is -2.26. The monoisotopic (exact) mass is 187 g/mol. The van der Waals surface area contributed by atoms with Gasteiger partial charge in [-0.25, -0.2) is 0 Å². The van der Waals surface area contributed by atoms with Gasteiger partial charge in [-0.3, -0.25) is 4.79 Å². The highest BCUT2D eigenvalue weighted by Crippen LogP contribution is 2.20. The van der Waals surface area contributed by atoms with Gasteiger partial charge in [0.1, 0.15) is 0 Å². The van der Waals surface area contributed by atoms with Gasteiger partial charge in [-0.15, -0.1) is 0 Å². The average Bonchev–Trinajstić information content (AvgIpc) is 2.30. The first kappa shape index (κ1) is 9.00. The van der Waals surface area contributed by atoms with Crippen molar-refractivity contribution >= 4 is 12.0 Å². The number of rotatable bonds is 2. The molecule has 1 aliphatic heterocycles. The smallest absolute Gasteiger partial charge is 0.209 e. The van der Waals surface area contributed by atoms with Gasteiger partial charge in [0.2, 0.25) is 6.41 Å². The van der Waals surface area contributed by atoms with Crippen LogP contribution in [-0.2, 0) is 4.79 Å². The quantitative estimate of drug-likeness (QED) is 0.648. The van der Waals surface area contributed by atoms with E-state index in [0.717, 1.165) is 25.9 Å². The molecule has 0 saturated carbocycles. The van der Waals surface area contributed by atoms with Crippen molar-refractivity contribution < 1.29 is 4.79 Å². The lowest BCUT2D eigenvalue weighted by molar-refractivity contribution is -0.117. The minimum atomic E-state index is 0.744. The van der Waals surface area contributed by atoms with Crippen LogP contribution in [0.3, 0.4) is 0 Å². The number of nitrogens with zero attached hydrogens (tertiary/aromatic N) is 1. The summed E-state index contributed by atoms with van der Waals surface area (Å²) in [5.74, 6) is 0. The lowest BCUT2D eigenvalue weighted by atomic mass is 10.00. The Hall–Kier alpha value is -1.57. The van der Waals surface area contributed by atoms with Crippen LogP contribution in [0.2, 0.25) is 0 Å². The van der Waals surface area contributed by atoms with Crippen LogP contribution in [0.4, 0.5) is 0 Å². The minimum absolute atomic E-state index is 0.744. The molecule has 1 heterocycles. The molecule has 14 heavy (non-hydrogen) atoms. The van der Waals surface area contributed by atoms with E-state index in [4.69, 9.17) is 0 Å². The van der Waals surface area contributed by atoms with Crippen molar-refractivity contribution in [3.63, 3.8) is 0 Å². The third-order valence-electron chi connectivity index (χ3n) is 2.53. The average molecular weight is 187 g/mol. The summed E-state index contributed by atoms with van der Waals surface area (Å²) in [7, 11) is 0. The highest BCUT2D eigenvalue weighted by molar-refractivity contribution is 5.67. The summed E-state index contributed by atoms with van der Waals surface area (Å²) >= 11 is 0. The molecular formula is C12H13NO. The van der Waals surface area contributed by atoms with E-state index in [1.807, 2.05) is 18.2 Å². The zero-order valence-corrected chi connectivity index (χ0v) is 8.02. The van der Waals surface area contributed by atoms with Gasteiger partial charge in [-0.1, -0.05) is 36.4 Å². The van der Waals surface area contributed by atoms with E-state index >= 15 is 0 Å². The Balaban J connectivity index is 2.14. The zero-order chi connectivity index (χ0) is 9.80. The van der Waals surface area contributed by atoms with E-state index in [2.05, 4.69) is 18.2 Å². The molecule has 1 amide bonds. The van der Waals surface area contributed by atoms with Gasteiger partial charge in [0, 0.05) is 13.1 Å². The number of carbonyl (C=O) groups is 1. The normalized spacial score (nSPS) is 16.3. The number of benzene rings is 1. The van der Waals surface area contributed by atoms with Crippen molar-refractivity contribution in [3.05, 3.63) is 42.0 Å². The zero-order valence-electron chi connectivity index (χ0n) is 8.02. The molecule has 2 heteroatoms. The van der Waals surface area contributed by atoms with Gasteiger partial charge in [-0.2, -0.15) is 0 Å². The van der Waals surface area contributed by atoms with Crippen LogP contribution in [-0.4, -0.2) is 24.4 Å². The second kappa shape index (κ2) is 4.09. The van der Waals surface area contributed by atoms with Crippen molar-refractivity contribution in [2.24, 2.45) is 0 Å². The third kappa shape index (κ3) is 1.84. The molecule has 0 aliphatic carbocycles. The Morgan fingerprint density at radius 2 is 2.00 bits per heavy atom. The van der Waals surface area contributed by atoms with Crippen LogP contribution in [0.25, 0.3) is 5.57 Å². The highest BCUT2D eigenvalue weighted by Gasteiger charge is 2.10. The second-order valence-electron chi connectivity index (χ2n) is 3.45. The molecule has 0 bridgehead atoms. The fourth-order valence-corrected chi connectivity index (χ4v) is 1.70. The van der Waals surface area contributed by atoms with E-state index in [1.54, 1.807) is 4.90 Å². The molecule has 0 spiro atoms. The van der Waals surface area contributed by atoms with Crippen LogP contribution >= 0.6 is 0 Å². The highest BCUT2D eigenvalue weighted by atomic mass is 16.1. The van der Waals surface area contributed by atoms with Crippen LogP contribution in [0, 0.1) is 0 Å². The first-order valence-corrected chi connectivity index (χ1v) is 4.84. The summed E-state index contributed by atoms with van der Waals surface area (Å²) in [6.07, 6.45) is 4.01. The molecule has 72 valence electrons. The molecule has 0 aromatic heterocycles. The van der Waals surface area contributed by atoms with Crippen molar-refractivity contribution in [1.29, 1.82) is 0 Å². The number of hydrogen-bond donors (Lipinski definition) is 0. The first-order chi connectivity index (χ1) is 6.90. The Kier molecular flexibility index (Phi) is 2.63. The van der Waals surface area contributed by atoms with E-state index in [-0.39, 0.29) is 0 Å². The Morgan fingerprint density at radius 3 is 2.57 bits per heavy atom. The SMILES string of the molecule is O=CN1CC=C(c2ccccc2)CC1. The Morgan fingerprint density at radius 1 is 1.21 bits per heavy atom. The van der Waals surface area contributed by atoms with Gasteiger partial charge < -0.3 is 4.90 Å². The summed E-state index contributed by atoms with van der Waals surface area (Å²) in [6.45, 7) is 1.58. The molecule has 0 unspecified atom stereocenters. The maximum atomic E-state index is 10.5. The van der Waals surface area contributed by atoms with Crippen molar-refractivity contribution in [3.8, 4) is 0 Å². The molecular weight excluding hydrogens is 174 g/mol. The van der Waals surface area contributed by atoms with E-state index in [0.29, 0.717) is 0 Å². The summed E-state index contributed by atoms with van der Waals surface area (Å²) in [4.78, 5) is 12.3. The van der Waals surface area contributed by atoms with Gasteiger partial charge in [0.15, 0.2) is 0 Å². The summed E-state index contributed by atoms with van der Waals surface area (Å²) in [5, 5.41) is 0. The summed E-state index contributed by atoms with van der Waals surface area (Å²) in [6, 6.07) is 10.3. The van der Waals surface area contributed by atoms with E-state index in [1.165, 1.54) is 11.1 Å². The van der Waals surface area contributed by atoms with Crippen LogP contribution in [0.15, 0.2) is 36.4 Å². The lowest BCUT2D eigenvalue weighted by Gasteiger charge is -2.22. The van der Waals surface area contributed by atoms with Gasteiger partial charge >= 0.3 is 0 Å². The molecule has 1 aromatic rings. The second-order valence-corrected chi connectivity index (χ2v) is 3.45. The van der Waals surface area contributed by atoms with Gasteiger partial charge in [0.25, 0.3) is 0 Å². The van der Waals surface area contributed by atoms with Gasteiger partial charge in [0.05, 0.1) is 0 Å². The molecule has 1 aromatic carbocycles. The predicted octanol–water partition coefficient (Wildman–Crippen LogP) is 1.93. The maximum Gasteiger partial charge on any atom is 0.209 e. The van der Waals surface area contributed by atoms with Crippen molar-refractivity contribution in [1.82, 2.24) is 4.90 Å². The number of amides is 1. The topological polar surface area (TPSA) is 20.3 Å². The molecule has 0 saturated heterocycles. The standard InChI is InChI=1S/C12H13NO/c14-10-13-8-6-12(7-9-13)11-4-2-1-3-5-11/h1-6,10H,7-9H2. The molecule has 1 aliphatic rings. The number of hydrogen-bond acceptors (Lipinski definition) is 1. The predicted molar refractivity (Wildman–Crippen MR) is 56.7 cm³/mol.